The van der Waals surface area contributed by atoms with Gasteiger partial charge < -0.3 is 63.8 Å². The van der Waals surface area contributed by atoms with Gasteiger partial charge in [0, 0.05) is 19.8 Å². The van der Waals surface area contributed by atoms with E-state index >= 15 is 0 Å². The Bertz CT molecular complexity index is 1630. The van der Waals surface area contributed by atoms with Crippen LogP contribution in [0.15, 0.2) is 0 Å². The molecular formula is C44H70O15. The van der Waals surface area contributed by atoms with Gasteiger partial charge in [-0.3, -0.25) is 9.59 Å². The molecule has 0 bridgehead atoms. The summed E-state index contributed by atoms with van der Waals surface area (Å²) in [7, 11) is 0. The molecule has 5 saturated carbocycles. The molecule has 336 valence electrons. The number of ether oxygens (including phenoxy) is 7. The maximum Gasteiger partial charge on any atom is 0.303 e. The molecule has 8 rings (SSSR count). The molecular weight excluding hydrogens is 768 g/mol. The van der Waals surface area contributed by atoms with Crippen molar-refractivity contribution in [1.29, 1.82) is 0 Å². The zero-order valence-electron chi connectivity index (χ0n) is 36.3. The van der Waals surface area contributed by atoms with Crippen molar-refractivity contribution >= 4 is 11.9 Å². The number of hydrogen-bond donors (Lipinski definition) is 6. The number of rotatable bonds is 8. The van der Waals surface area contributed by atoms with E-state index in [1.165, 1.54) is 13.8 Å². The number of carbonyl (C=O) groups is 2. The van der Waals surface area contributed by atoms with Crippen LogP contribution in [0.2, 0.25) is 0 Å². The molecule has 8 aliphatic rings. The summed E-state index contributed by atoms with van der Waals surface area (Å²) < 4.78 is 43.5. The van der Waals surface area contributed by atoms with Crippen molar-refractivity contribution in [1.82, 2.24) is 0 Å². The lowest BCUT2D eigenvalue weighted by Crippen LogP contribution is -2.65. The summed E-state index contributed by atoms with van der Waals surface area (Å²) in [6, 6.07) is 0. The van der Waals surface area contributed by atoms with Crippen LogP contribution in [-0.2, 0) is 42.7 Å². The van der Waals surface area contributed by atoms with Crippen LogP contribution in [0.25, 0.3) is 0 Å². The van der Waals surface area contributed by atoms with Gasteiger partial charge in [0.05, 0.1) is 48.8 Å². The monoisotopic (exact) mass is 838 g/mol. The first-order valence-corrected chi connectivity index (χ1v) is 22.0. The molecule has 0 aromatic carbocycles. The SMILES string of the molecule is CC(=O)O[C@@H]1[C@@H](O[C@@H]2CC[C@]34C[C@]35CC[C@]3(C)[C@H]([C@]6(C)CC[C@H](C(C)(C)O)O6)[C@@H](O)C[C@@]3(C)[C@@H]5C[C@H](O[C@H]3OC[C@H](O)[C@H](O)[C@H]3O)[C@H]4C2(C)C)OC[C@@H](O)[C@@H]1OC(C)=O. The highest BCUT2D eigenvalue weighted by Gasteiger charge is 2.85. The van der Waals surface area contributed by atoms with Crippen LogP contribution in [0.3, 0.4) is 0 Å². The molecule has 0 aromatic heterocycles. The molecule has 3 aliphatic heterocycles. The predicted molar refractivity (Wildman–Crippen MR) is 207 cm³/mol. The molecule has 20 atom stereocenters. The van der Waals surface area contributed by atoms with Crippen LogP contribution < -0.4 is 0 Å². The third-order valence-corrected chi connectivity index (χ3v) is 17.8. The van der Waals surface area contributed by atoms with Crippen LogP contribution in [0.1, 0.15) is 120 Å². The summed E-state index contributed by atoms with van der Waals surface area (Å²) in [4.78, 5) is 24.4. The second kappa shape index (κ2) is 14.5. The lowest BCUT2D eigenvalue weighted by molar-refractivity contribution is -0.327. The van der Waals surface area contributed by atoms with Gasteiger partial charge in [-0.1, -0.05) is 27.7 Å². The second-order valence-electron chi connectivity index (χ2n) is 21.8. The van der Waals surface area contributed by atoms with E-state index in [1.54, 1.807) is 13.8 Å². The van der Waals surface area contributed by atoms with Crippen LogP contribution >= 0.6 is 0 Å². The van der Waals surface area contributed by atoms with Crippen molar-refractivity contribution in [3.63, 3.8) is 0 Å². The Morgan fingerprint density at radius 1 is 0.695 bits per heavy atom. The van der Waals surface area contributed by atoms with Crippen LogP contribution in [0.4, 0.5) is 0 Å². The van der Waals surface area contributed by atoms with Gasteiger partial charge in [-0.05, 0) is 117 Å². The topological polar surface area (TPSA) is 220 Å². The smallest absolute Gasteiger partial charge is 0.303 e. The van der Waals surface area contributed by atoms with Gasteiger partial charge in [0.15, 0.2) is 24.8 Å². The highest BCUT2D eigenvalue weighted by Crippen LogP contribution is 2.89. The molecule has 3 saturated heterocycles. The average molecular weight is 839 g/mol. The summed E-state index contributed by atoms with van der Waals surface area (Å²) in [5, 5.41) is 66.3. The van der Waals surface area contributed by atoms with Gasteiger partial charge >= 0.3 is 11.9 Å². The maximum atomic E-state index is 12.3. The van der Waals surface area contributed by atoms with Crippen molar-refractivity contribution in [3.05, 3.63) is 0 Å². The Hall–Kier alpha value is -1.50. The van der Waals surface area contributed by atoms with Crippen molar-refractivity contribution in [2.75, 3.05) is 13.2 Å². The Morgan fingerprint density at radius 2 is 1.34 bits per heavy atom. The number of aliphatic hydroxyl groups is 6. The summed E-state index contributed by atoms with van der Waals surface area (Å²) in [6.07, 6.45) is -5.24. The Balaban J connectivity index is 1.13. The molecule has 0 unspecified atom stereocenters. The van der Waals surface area contributed by atoms with E-state index in [0.717, 1.165) is 32.1 Å². The minimum absolute atomic E-state index is 0.0659. The molecule has 5 aliphatic carbocycles. The molecule has 2 spiro atoms. The normalized spacial score (nSPS) is 54.0. The Morgan fingerprint density at radius 3 is 1.98 bits per heavy atom. The molecule has 0 radical (unpaired) electrons. The molecule has 3 heterocycles. The zero-order chi connectivity index (χ0) is 43.0. The zero-order valence-corrected chi connectivity index (χ0v) is 36.3. The molecule has 59 heavy (non-hydrogen) atoms. The van der Waals surface area contributed by atoms with E-state index in [0.29, 0.717) is 25.7 Å². The molecule has 0 aromatic rings. The van der Waals surface area contributed by atoms with Gasteiger partial charge in [-0.25, -0.2) is 0 Å². The lowest BCUT2D eigenvalue weighted by Gasteiger charge is -2.65. The van der Waals surface area contributed by atoms with Crippen molar-refractivity contribution in [3.8, 4) is 0 Å². The largest absolute Gasteiger partial charge is 0.455 e. The number of hydrogen-bond acceptors (Lipinski definition) is 15. The number of fused-ring (bicyclic) bond motifs is 2. The summed E-state index contributed by atoms with van der Waals surface area (Å²) in [5.74, 6) is -1.47. The second-order valence-corrected chi connectivity index (χ2v) is 21.8. The third-order valence-electron chi connectivity index (χ3n) is 17.8. The summed E-state index contributed by atoms with van der Waals surface area (Å²) in [5.41, 5.74) is -3.16. The van der Waals surface area contributed by atoms with Crippen LogP contribution in [0.5, 0.6) is 0 Å². The Kier molecular flexibility index (Phi) is 10.9. The van der Waals surface area contributed by atoms with Crippen molar-refractivity contribution in [2.45, 2.75) is 205 Å². The van der Waals surface area contributed by atoms with Gasteiger partial charge in [-0.2, -0.15) is 0 Å². The molecule has 15 nitrogen and oxygen atoms in total. The van der Waals surface area contributed by atoms with E-state index in [2.05, 4.69) is 34.6 Å². The fourth-order valence-corrected chi connectivity index (χ4v) is 15.2. The van der Waals surface area contributed by atoms with Crippen LogP contribution in [-0.4, -0.2) is 141 Å². The minimum atomic E-state index is -1.49. The minimum Gasteiger partial charge on any atom is -0.455 e. The van der Waals surface area contributed by atoms with Gasteiger partial charge in [0.1, 0.15) is 24.4 Å². The molecule has 6 N–H and O–H groups in total. The van der Waals surface area contributed by atoms with Gasteiger partial charge in [-0.15, -0.1) is 0 Å². The van der Waals surface area contributed by atoms with Crippen molar-refractivity contribution in [2.24, 2.45) is 44.8 Å². The Labute approximate surface area is 347 Å². The fraction of sp³-hybridized carbons (Fsp3) is 0.955. The average Bonchev–Trinajstić information content (AvgIpc) is 3.49. The maximum absolute atomic E-state index is 12.3. The van der Waals surface area contributed by atoms with E-state index in [1.807, 2.05) is 0 Å². The molecule has 0 amide bonds. The van der Waals surface area contributed by atoms with E-state index in [9.17, 15) is 40.2 Å². The van der Waals surface area contributed by atoms with E-state index in [4.69, 9.17) is 33.2 Å². The predicted octanol–water partition coefficient (Wildman–Crippen LogP) is 2.50. The first-order valence-electron chi connectivity index (χ1n) is 22.0. The number of carbonyl (C=O) groups excluding carboxylic acids is 2. The summed E-state index contributed by atoms with van der Waals surface area (Å²) >= 11 is 0. The quantitative estimate of drug-likeness (QED) is 0.153. The summed E-state index contributed by atoms with van der Waals surface area (Å²) in [6.45, 7) is 16.7. The lowest BCUT2D eigenvalue weighted by atomic mass is 9.41. The molecule has 8 fully saturated rings. The number of esters is 2. The number of aliphatic hydroxyl groups excluding tert-OH is 5. The van der Waals surface area contributed by atoms with Crippen molar-refractivity contribution < 1.29 is 73.4 Å². The first kappa shape index (κ1) is 44.1. The fourth-order valence-electron chi connectivity index (χ4n) is 15.2. The van der Waals surface area contributed by atoms with Gasteiger partial charge in [0.2, 0.25) is 0 Å². The third kappa shape index (κ3) is 6.60. The highest BCUT2D eigenvalue weighted by molar-refractivity contribution is 5.67. The molecule has 15 heteroatoms. The highest BCUT2D eigenvalue weighted by atomic mass is 16.7. The standard InChI is InChI=1S/C44H70O15/c1-21(45)55-32-25(49)19-54-37(33(32)56-22(2)46)58-28-11-13-44-20-43(44)15-14-40(7)34(42(9)12-10-29(59-42)39(5,6)52)23(47)17-41(40,8)27(43)16-26(35(44)38(28,3)4)57-36-31(51)30(50)24(48)18-53-36/h23-37,47-52H,10-20H2,1-9H3/t23-,24-,25+,26-,27-,28+,29+,30-,31+,32-,33-,34+,35-,36+,37+,40+,41-,42-,43-,44+/m0/s1. The van der Waals surface area contributed by atoms with E-state index < -0.39 is 96.1 Å². The van der Waals surface area contributed by atoms with E-state index in [-0.39, 0.29) is 58.7 Å². The first-order chi connectivity index (χ1) is 27.3. The van der Waals surface area contributed by atoms with Gasteiger partial charge in [0.25, 0.3) is 0 Å². The van der Waals surface area contributed by atoms with Crippen LogP contribution in [0, 0.1) is 44.8 Å².